The summed E-state index contributed by atoms with van der Waals surface area (Å²) in [5.41, 5.74) is 0.730. The van der Waals surface area contributed by atoms with Crippen LogP contribution in [0.5, 0.6) is 0 Å². The van der Waals surface area contributed by atoms with Crippen LogP contribution in [-0.4, -0.2) is 15.1 Å². The number of halogens is 1. The number of nitro groups is 1. The highest BCUT2D eigenvalue weighted by molar-refractivity contribution is 5.71. The Balaban J connectivity index is 1.95. The minimum absolute atomic E-state index is 0.0215. The van der Waals surface area contributed by atoms with E-state index >= 15 is 0 Å². The molecule has 1 heterocycles. The van der Waals surface area contributed by atoms with Gasteiger partial charge in [0.25, 0.3) is 11.2 Å². The van der Waals surface area contributed by atoms with Crippen LogP contribution in [0, 0.1) is 15.9 Å². The summed E-state index contributed by atoms with van der Waals surface area (Å²) in [4.78, 5) is 22.0. The molecule has 0 atom stereocenters. The maximum Gasteiger partial charge on any atom is 0.292 e. The van der Waals surface area contributed by atoms with Crippen LogP contribution in [-0.2, 0) is 0 Å². The van der Waals surface area contributed by atoms with E-state index in [2.05, 4.69) is 20.4 Å². The van der Waals surface area contributed by atoms with Gasteiger partial charge in [-0.25, -0.2) is 4.39 Å². The number of rotatable bonds is 4. The van der Waals surface area contributed by atoms with E-state index in [9.17, 15) is 19.3 Å². The summed E-state index contributed by atoms with van der Waals surface area (Å²) in [6, 6.07) is 10.9. The molecule has 3 aromatic rings. The molecule has 0 aliphatic rings. The van der Waals surface area contributed by atoms with E-state index in [1.54, 1.807) is 0 Å². The zero-order valence-electron chi connectivity index (χ0n) is 12.1. The van der Waals surface area contributed by atoms with Crippen molar-refractivity contribution in [2.24, 2.45) is 10.2 Å². The van der Waals surface area contributed by atoms with Crippen LogP contribution in [0.1, 0.15) is 0 Å². The highest BCUT2D eigenvalue weighted by Gasteiger charge is 2.13. The molecule has 1 aromatic heterocycles. The highest BCUT2D eigenvalue weighted by Crippen LogP contribution is 2.27. The molecule has 0 radical (unpaired) electrons. The summed E-state index contributed by atoms with van der Waals surface area (Å²) in [5, 5.41) is 23.5. The van der Waals surface area contributed by atoms with Gasteiger partial charge in [0, 0.05) is 17.7 Å². The molecule has 0 aliphatic heterocycles. The number of H-pyrrole nitrogens is 2. The van der Waals surface area contributed by atoms with Crippen LogP contribution in [0.3, 0.4) is 0 Å². The summed E-state index contributed by atoms with van der Waals surface area (Å²) in [5.74, 6) is -0.403. The van der Waals surface area contributed by atoms with Crippen LogP contribution in [0.4, 0.5) is 21.5 Å². The molecule has 0 saturated carbocycles. The summed E-state index contributed by atoms with van der Waals surface area (Å²) in [6.45, 7) is 0. The molecule has 0 saturated heterocycles. The second-order valence-corrected chi connectivity index (χ2v) is 4.78. The maximum absolute atomic E-state index is 12.9. The Morgan fingerprint density at radius 2 is 1.62 bits per heavy atom. The third kappa shape index (κ3) is 3.09. The number of azo groups is 1. The van der Waals surface area contributed by atoms with Crippen LogP contribution >= 0.6 is 0 Å². The predicted molar refractivity (Wildman–Crippen MR) is 84.1 cm³/mol. The number of aromatic nitrogens is 2. The number of nitrogens with zero attached hydrogens (tertiary/aromatic N) is 3. The van der Waals surface area contributed by atoms with Gasteiger partial charge in [-0.1, -0.05) is 0 Å². The lowest BCUT2D eigenvalue weighted by atomic mass is 10.1. The van der Waals surface area contributed by atoms with Gasteiger partial charge in [0.2, 0.25) is 0 Å². The van der Waals surface area contributed by atoms with Gasteiger partial charge in [0.1, 0.15) is 5.82 Å². The van der Waals surface area contributed by atoms with Crippen molar-refractivity contribution in [1.29, 1.82) is 0 Å². The minimum Gasteiger partial charge on any atom is -0.295 e. The van der Waals surface area contributed by atoms with Crippen molar-refractivity contribution in [3.05, 3.63) is 74.8 Å². The van der Waals surface area contributed by atoms with Gasteiger partial charge in [-0.3, -0.25) is 25.1 Å². The number of nitrogens with one attached hydrogen (secondary N) is 2. The molecule has 0 spiro atoms. The normalized spacial score (nSPS) is 11.0. The van der Waals surface area contributed by atoms with E-state index in [4.69, 9.17) is 0 Å². The fourth-order valence-corrected chi connectivity index (χ4v) is 2.02. The first-order valence-corrected chi connectivity index (χ1v) is 6.77. The fourth-order valence-electron chi connectivity index (χ4n) is 2.02. The standard InChI is InChI=1S/C15H10FN5O3/c16-10-3-5-11(6-4-10)17-19-14-13(18-20-15(14)22)9-1-7-12(8-2-9)21(23)24/h1-8H,(H2,18,20,22). The third-order valence-electron chi connectivity index (χ3n) is 3.21. The lowest BCUT2D eigenvalue weighted by Gasteiger charge is -1.98. The number of benzene rings is 2. The molecule has 0 unspecified atom stereocenters. The molecule has 0 fully saturated rings. The second kappa shape index (κ2) is 6.24. The Kier molecular flexibility index (Phi) is 3.98. The number of nitro benzene ring substituents is 1. The summed E-state index contributed by atoms with van der Waals surface area (Å²) in [6.07, 6.45) is 0. The molecule has 3 rings (SSSR count). The fraction of sp³-hybridized carbons (Fsp3) is 0. The third-order valence-corrected chi connectivity index (χ3v) is 3.21. The van der Waals surface area contributed by atoms with E-state index in [0.29, 0.717) is 16.9 Å². The van der Waals surface area contributed by atoms with Crippen molar-refractivity contribution < 1.29 is 9.31 Å². The highest BCUT2D eigenvalue weighted by atomic mass is 19.1. The van der Waals surface area contributed by atoms with E-state index in [1.807, 2.05) is 0 Å². The van der Waals surface area contributed by atoms with Crippen molar-refractivity contribution in [3.8, 4) is 11.3 Å². The average molecular weight is 327 g/mol. The van der Waals surface area contributed by atoms with Crippen LogP contribution in [0.15, 0.2) is 63.6 Å². The van der Waals surface area contributed by atoms with Crippen molar-refractivity contribution in [2.45, 2.75) is 0 Å². The molecule has 2 N–H and O–H groups in total. The Morgan fingerprint density at radius 3 is 2.25 bits per heavy atom. The molecule has 8 nitrogen and oxygen atoms in total. The monoisotopic (exact) mass is 327 g/mol. The molecular formula is C15H10FN5O3. The second-order valence-electron chi connectivity index (χ2n) is 4.78. The van der Waals surface area contributed by atoms with Crippen molar-refractivity contribution >= 4 is 17.1 Å². The zero-order chi connectivity index (χ0) is 17.1. The van der Waals surface area contributed by atoms with Crippen molar-refractivity contribution in [1.82, 2.24) is 10.2 Å². The Morgan fingerprint density at radius 1 is 0.958 bits per heavy atom. The first-order chi connectivity index (χ1) is 11.5. The van der Waals surface area contributed by atoms with Gasteiger partial charge in [-0.15, -0.1) is 5.11 Å². The zero-order valence-corrected chi connectivity index (χ0v) is 12.1. The summed E-state index contributed by atoms with van der Waals surface area (Å²) in [7, 11) is 0. The van der Waals surface area contributed by atoms with Crippen LogP contribution in [0.25, 0.3) is 11.3 Å². The van der Waals surface area contributed by atoms with Crippen LogP contribution < -0.4 is 5.56 Å². The van der Waals surface area contributed by atoms with Gasteiger partial charge in [0.05, 0.1) is 16.3 Å². The molecule has 24 heavy (non-hydrogen) atoms. The Hall–Kier alpha value is -3.62. The number of hydrogen-bond donors (Lipinski definition) is 2. The largest absolute Gasteiger partial charge is 0.295 e. The van der Waals surface area contributed by atoms with E-state index in [-0.39, 0.29) is 11.4 Å². The van der Waals surface area contributed by atoms with Crippen molar-refractivity contribution in [3.63, 3.8) is 0 Å². The molecule has 0 bridgehead atoms. The molecule has 0 aliphatic carbocycles. The molecule has 0 amide bonds. The molecule has 9 heteroatoms. The Bertz CT molecular complexity index is 958. The van der Waals surface area contributed by atoms with Gasteiger partial charge >= 0.3 is 0 Å². The maximum atomic E-state index is 12.9. The Labute approximate surface area is 133 Å². The lowest BCUT2D eigenvalue weighted by Crippen LogP contribution is -1.96. The summed E-state index contributed by atoms with van der Waals surface area (Å²) < 4.78 is 12.9. The predicted octanol–water partition coefficient (Wildman–Crippen LogP) is 3.83. The van der Waals surface area contributed by atoms with E-state index in [0.717, 1.165) is 0 Å². The number of non-ortho nitro benzene ring substituents is 1. The van der Waals surface area contributed by atoms with E-state index < -0.39 is 16.3 Å². The quantitative estimate of drug-likeness (QED) is 0.431. The molecular weight excluding hydrogens is 317 g/mol. The topological polar surface area (TPSA) is 117 Å². The first kappa shape index (κ1) is 15.3. The van der Waals surface area contributed by atoms with E-state index in [1.165, 1.54) is 48.5 Å². The van der Waals surface area contributed by atoms with Gasteiger partial charge < -0.3 is 0 Å². The van der Waals surface area contributed by atoms with Crippen LogP contribution in [0.2, 0.25) is 0 Å². The smallest absolute Gasteiger partial charge is 0.292 e. The summed E-state index contributed by atoms with van der Waals surface area (Å²) >= 11 is 0. The SMILES string of the molecule is O=c1[nH][nH]c(-c2ccc([N+](=O)[O-])cc2)c1N=Nc1ccc(F)cc1. The van der Waals surface area contributed by atoms with Crippen molar-refractivity contribution in [2.75, 3.05) is 0 Å². The average Bonchev–Trinajstić information content (AvgIpc) is 2.95. The van der Waals surface area contributed by atoms with Gasteiger partial charge in [-0.2, -0.15) is 5.11 Å². The van der Waals surface area contributed by atoms with Gasteiger partial charge in [-0.05, 0) is 36.4 Å². The number of hydrogen-bond acceptors (Lipinski definition) is 5. The lowest BCUT2D eigenvalue weighted by molar-refractivity contribution is -0.384. The molecule has 2 aromatic carbocycles. The van der Waals surface area contributed by atoms with Gasteiger partial charge in [0.15, 0.2) is 5.69 Å². The minimum atomic E-state index is -0.515. The molecule has 120 valence electrons. The first-order valence-electron chi connectivity index (χ1n) is 6.77. The number of aromatic amines is 2.